The zero-order valence-electron chi connectivity index (χ0n) is 36.1. The van der Waals surface area contributed by atoms with Crippen LogP contribution in [0.25, 0.3) is 77.3 Å². The fourth-order valence-electron chi connectivity index (χ4n) is 9.10. The highest BCUT2D eigenvalue weighted by Crippen LogP contribution is 2.46. The van der Waals surface area contributed by atoms with Gasteiger partial charge < -0.3 is 31.2 Å². The maximum atomic E-state index is 12.0. The molecule has 14 nitrogen and oxygen atoms in total. The van der Waals surface area contributed by atoms with Crippen LogP contribution in [0.15, 0.2) is 123 Å². The van der Waals surface area contributed by atoms with Gasteiger partial charge in [-0.15, -0.1) is 0 Å². The van der Waals surface area contributed by atoms with Crippen molar-refractivity contribution in [3.63, 3.8) is 0 Å². The van der Waals surface area contributed by atoms with Crippen LogP contribution in [0.4, 0.5) is 11.6 Å². The highest BCUT2D eigenvalue weighted by molar-refractivity contribution is 6.08. The minimum absolute atomic E-state index is 0.0766. The van der Waals surface area contributed by atoms with Gasteiger partial charge in [0.1, 0.15) is 35.6 Å². The molecule has 0 saturated carbocycles. The Labute approximate surface area is 369 Å². The number of amides is 2. The fourth-order valence-corrected chi connectivity index (χ4v) is 9.10. The Morgan fingerprint density at radius 1 is 0.719 bits per heavy atom. The summed E-state index contributed by atoms with van der Waals surface area (Å²) >= 11 is 0. The van der Waals surface area contributed by atoms with Crippen molar-refractivity contribution >= 4 is 78.5 Å². The normalized spacial score (nSPS) is 15.6. The maximum Gasteiger partial charge on any atom is 0.243 e. The average molecular weight is 849 g/mol. The van der Waals surface area contributed by atoms with Gasteiger partial charge in [0.25, 0.3) is 0 Å². The lowest BCUT2D eigenvalue weighted by Gasteiger charge is -2.29. The van der Waals surface area contributed by atoms with E-state index < -0.39 is 0 Å². The third kappa shape index (κ3) is 7.32. The zero-order valence-corrected chi connectivity index (χ0v) is 36.1. The Hall–Kier alpha value is -8.00. The summed E-state index contributed by atoms with van der Waals surface area (Å²) < 4.78 is 4.29. The average Bonchev–Trinajstić information content (AvgIpc) is 3.82. The molecule has 2 aromatic carbocycles. The molecule has 2 amide bonds. The van der Waals surface area contributed by atoms with Gasteiger partial charge in [0.2, 0.25) is 11.8 Å². The predicted octanol–water partition coefficient (Wildman–Crippen LogP) is 8.05. The minimum Gasteiger partial charge on any atom is -0.383 e. The Kier molecular flexibility index (Phi) is 10.8. The van der Waals surface area contributed by atoms with Gasteiger partial charge >= 0.3 is 0 Å². The quantitative estimate of drug-likeness (QED) is 0.114. The van der Waals surface area contributed by atoms with Crippen molar-refractivity contribution < 1.29 is 9.59 Å². The van der Waals surface area contributed by atoms with Crippen LogP contribution >= 0.6 is 0 Å². The van der Waals surface area contributed by atoms with E-state index in [2.05, 4.69) is 121 Å². The molecule has 0 aliphatic carbocycles. The summed E-state index contributed by atoms with van der Waals surface area (Å²) in [7, 11) is 0. The van der Waals surface area contributed by atoms with Crippen LogP contribution in [0.1, 0.15) is 45.5 Å². The lowest BCUT2D eigenvalue weighted by molar-refractivity contribution is -0.117. The molecule has 8 aromatic rings. The maximum absolute atomic E-state index is 12.0. The number of hydrogen-bond donors (Lipinski definition) is 4. The van der Waals surface area contributed by atoms with Gasteiger partial charge in [-0.25, -0.2) is 19.9 Å². The summed E-state index contributed by atoms with van der Waals surface area (Å²) in [5, 5.41) is 9.78. The summed E-state index contributed by atoms with van der Waals surface area (Å²) in [5.74, 6) is 0.677. The number of nitrogen functional groups attached to an aromatic ring is 2. The molecule has 0 unspecified atom stereocenters. The van der Waals surface area contributed by atoms with E-state index in [1.54, 1.807) is 0 Å². The van der Waals surface area contributed by atoms with Crippen LogP contribution in [-0.4, -0.2) is 62.9 Å². The van der Waals surface area contributed by atoms with Gasteiger partial charge in [0, 0.05) is 58.5 Å². The van der Waals surface area contributed by atoms with Gasteiger partial charge in [-0.1, -0.05) is 75.1 Å². The highest BCUT2D eigenvalue weighted by atomic mass is 16.2. The molecular formula is C50H48N12O2. The first-order valence-electron chi connectivity index (χ1n) is 21.2. The minimum atomic E-state index is -0.206. The first-order valence-corrected chi connectivity index (χ1v) is 21.2. The van der Waals surface area contributed by atoms with E-state index in [4.69, 9.17) is 11.5 Å². The summed E-state index contributed by atoms with van der Waals surface area (Å²) in [6, 6.07) is 20.1. The molecule has 320 valence electrons. The van der Waals surface area contributed by atoms with Crippen molar-refractivity contribution in [2.75, 3.05) is 11.5 Å². The number of nitrogens with zero attached hydrogens (tertiary/aromatic N) is 8. The largest absolute Gasteiger partial charge is 0.383 e. The Morgan fingerprint density at radius 2 is 1.23 bits per heavy atom. The molecule has 2 aliphatic rings. The van der Waals surface area contributed by atoms with Crippen LogP contribution < -0.4 is 22.1 Å². The molecule has 10 rings (SSSR count). The lowest BCUT2D eigenvalue weighted by atomic mass is 9.90. The van der Waals surface area contributed by atoms with Gasteiger partial charge in [0.05, 0.1) is 45.3 Å². The van der Waals surface area contributed by atoms with E-state index in [1.165, 1.54) is 30.4 Å². The Bertz CT molecular complexity index is 3280. The molecule has 64 heavy (non-hydrogen) atoms. The lowest BCUT2D eigenvalue weighted by Crippen LogP contribution is -2.40. The van der Waals surface area contributed by atoms with Crippen molar-refractivity contribution in [3.05, 3.63) is 134 Å². The van der Waals surface area contributed by atoms with Crippen molar-refractivity contribution in [2.24, 2.45) is 5.92 Å². The van der Waals surface area contributed by atoms with E-state index in [9.17, 15) is 9.59 Å². The van der Waals surface area contributed by atoms with E-state index in [0.29, 0.717) is 31.1 Å². The van der Waals surface area contributed by atoms with Crippen LogP contribution in [0.5, 0.6) is 0 Å². The third-order valence-electron chi connectivity index (χ3n) is 11.9. The number of carbonyl (C=O) groups is 2. The molecule has 0 saturated heterocycles. The number of allylic oxidation sites excluding steroid dienone is 2. The van der Waals surface area contributed by atoms with Crippen LogP contribution in [0.3, 0.4) is 0 Å². The molecule has 0 fully saturated rings. The molecule has 8 heterocycles. The van der Waals surface area contributed by atoms with Gasteiger partial charge in [-0.05, 0) is 73.7 Å². The number of hydrogen-bond acceptors (Lipinski definition) is 10. The number of aromatic nitrogens is 8. The van der Waals surface area contributed by atoms with E-state index in [0.717, 1.165) is 88.7 Å². The number of nitrogens with one attached hydrogen (secondary N) is 2. The van der Waals surface area contributed by atoms with Crippen LogP contribution in [-0.2, 0) is 22.7 Å². The molecule has 2 aliphatic heterocycles. The number of anilines is 2. The number of rotatable bonds is 7. The zero-order chi connectivity index (χ0) is 44.8. The SMILES string of the molecule is C=CC(=O)N[C@H]1C=C(C(C)C)c2c(-c3cnc4ccccc4c3)c3c(N)ncnc3n2C1.C=CC(=O)N[C@H]1CC(=C(C)C)c2c(-c3cnc4ccccc4c3)c3c(N)ncnc3n2C1. The molecule has 6 N–H and O–H groups in total. The van der Waals surface area contributed by atoms with Crippen molar-refractivity contribution in [1.82, 2.24) is 49.7 Å². The number of para-hydroxylation sites is 2. The van der Waals surface area contributed by atoms with E-state index >= 15 is 0 Å². The van der Waals surface area contributed by atoms with Crippen molar-refractivity contribution in [2.45, 2.75) is 59.3 Å². The number of nitrogens with two attached hydrogens (primary N) is 2. The smallest absolute Gasteiger partial charge is 0.243 e. The van der Waals surface area contributed by atoms with Gasteiger partial charge in [-0.3, -0.25) is 19.6 Å². The first-order chi connectivity index (χ1) is 30.9. The number of benzene rings is 2. The van der Waals surface area contributed by atoms with E-state index in [-0.39, 0.29) is 29.8 Å². The molecule has 14 heteroatoms. The predicted molar refractivity (Wildman–Crippen MR) is 255 cm³/mol. The third-order valence-corrected chi connectivity index (χ3v) is 11.9. The van der Waals surface area contributed by atoms with Crippen molar-refractivity contribution in [1.29, 1.82) is 0 Å². The van der Waals surface area contributed by atoms with Crippen molar-refractivity contribution in [3.8, 4) is 22.3 Å². The number of fused-ring (bicyclic) bond motifs is 8. The Balaban J connectivity index is 0.000000162. The first kappa shape index (κ1) is 41.4. The Morgan fingerprint density at radius 3 is 1.77 bits per heavy atom. The second kappa shape index (κ2) is 16.7. The summed E-state index contributed by atoms with van der Waals surface area (Å²) in [6.45, 7) is 16.7. The molecule has 0 bridgehead atoms. The van der Waals surface area contributed by atoms with E-state index in [1.807, 2.05) is 48.8 Å². The number of carbonyl (C=O) groups excluding carboxylic acids is 2. The number of pyridine rings is 2. The highest BCUT2D eigenvalue weighted by Gasteiger charge is 2.33. The molecular weight excluding hydrogens is 801 g/mol. The molecule has 2 atom stereocenters. The van der Waals surface area contributed by atoms with Gasteiger partial charge in [0.15, 0.2) is 0 Å². The monoisotopic (exact) mass is 848 g/mol. The van der Waals surface area contributed by atoms with Crippen LogP contribution in [0.2, 0.25) is 0 Å². The van der Waals surface area contributed by atoms with Crippen LogP contribution in [0, 0.1) is 5.92 Å². The topological polar surface area (TPSA) is 197 Å². The second-order valence-corrected chi connectivity index (χ2v) is 16.6. The second-order valence-electron chi connectivity index (χ2n) is 16.6. The summed E-state index contributed by atoms with van der Waals surface area (Å²) in [5.41, 5.74) is 25.6. The van der Waals surface area contributed by atoms with Gasteiger partial charge in [-0.2, -0.15) is 0 Å². The standard InChI is InChI=1S/2C25H24N6O/c2*1-4-20(32)30-17-10-18(14(2)3)23-21(16-9-15-7-5-6-8-19(15)27-11-16)22-24(26)28-13-29-25(22)31(23)12-17/h4-9,11,13,17H,1,10,12H2,2-3H3,(H,30,32)(H2,26,28,29);4-11,13-14,17H,1,12H2,2-3H3,(H,30,32)(H2,26,28,29)/t2*17-/m00/s1. The molecule has 0 radical (unpaired) electrons. The molecule has 0 spiro atoms. The fraction of sp³-hybridized carbons (Fsp3) is 0.200. The summed E-state index contributed by atoms with van der Waals surface area (Å²) in [6.07, 6.45) is 12.2. The summed E-state index contributed by atoms with van der Waals surface area (Å²) in [4.78, 5) is 51.1. The molecule has 6 aromatic heterocycles.